The molecule has 0 saturated carbocycles. The van der Waals surface area contributed by atoms with Crippen molar-refractivity contribution >= 4 is 5.78 Å². The standard InChI is InChI=1S/C16H22O2/c1-6-11-16(5,13(4)17)14-7-9-15(10-8-14)18-12(2)3/h6-10,12H,1,11H2,2-5H3. The van der Waals surface area contributed by atoms with Gasteiger partial charge < -0.3 is 4.74 Å². The second-order valence-corrected chi connectivity index (χ2v) is 5.07. The third-order valence-electron chi connectivity index (χ3n) is 3.19. The van der Waals surface area contributed by atoms with E-state index < -0.39 is 5.41 Å². The lowest BCUT2D eigenvalue weighted by molar-refractivity contribution is -0.121. The summed E-state index contributed by atoms with van der Waals surface area (Å²) in [6.45, 7) is 11.3. The fourth-order valence-corrected chi connectivity index (χ4v) is 1.93. The molecule has 0 bridgehead atoms. The van der Waals surface area contributed by atoms with Crippen LogP contribution in [-0.2, 0) is 10.2 Å². The summed E-state index contributed by atoms with van der Waals surface area (Å²) in [7, 11) is 0. The summed E-state index contributed by atoms with van der Waals surface area (Å²) in [4.78, 5) is 11.8. The first-order chi connectivity index (χ1) is 8.40. The van der Waals surface area contributed by atoms with Crippen molar-refractivity contribution < 1.29 is 9.53 Å². The van der Waals surface area contributed by atoms with Crippen LogP contribution in [0.2, 0.25) is 0 Å². The quantitative estimate of drug-likeness (QED) is 0.712. The maximum atomic E-state index is 11.8. The average molecular weight is 246 g/mol. The van der Waals surface area contributed by atoms with Crippen molar-refractivity contribution in [3.05, 3.63) is 42.5 Å². The van der Waals surface area contributed by atoms with Gasteiger partial charge in [0, 0.05) is 0 Å². The molecule has 0 radical (unpaired) electrons. The van der Waals surface area contributed by atoms with Crippen LogP contribution in [0.1, 0.15) is 39.7 Å². The Labute approximate surface area is 110 Å². The number of Topliss-reactive ketones (excluding diaryl/α,β-unsaturated/α-hetero) is 1. The van der Waals surface area contributed by atoms with E-state index in [1.165, 1.54) is 0 Å². The monoisotopic (exact) mass is 246 g/mol. The van der Waals surface area contributed by atoms with Gasteiger partial charge in [0.1, 0.15) is 11.5 Å². The van der Waals surface area contributed by atoms with E-state index in [2.05, 4.69) is 6.58 Å². The van der Waals surface area contributed by atoms with Gasteiger partial charge in [-0.3, -0.25) is 4.79 Å². The Morgan fingerprint density at radius 3 is 2.33 bits per heavy atom. The van der Waals surface area contributed by atoms with E-state index in [1.807, 2.05) is 45.0 Å². The van der Waals surface area contributed by atoms with E-state index in [1.54, 1.807) is 13.0 Å². The van der Waals surface area contributed by atoms with Crippen LogP contribution in [0.4, 0.5) is 0 Å². The third kappa shape index (κ3) is 3.22. The summed E-state index contributed by atoms with van der Waals surface area (Å²) in [6, 6.07) is 7.75. The van der Waals surface area contributed by atoms with Crippen molar-refractivity contribution in [2.24, 2.45) is 0 Å². The number of ether oxygens (including phenoxy) is 1. The molecule has 1 unspecified atom stereocenters. The molecule has 1 atom stereocenters. The van der Waals surface area contributed by atoms with E-state index >= 15 is 0 Å². The van der Waals surface area contributed by atoms with Crippen LogP contribution in [0.5, 0.6) is 5.75 Å². The molecule has 2 heteroatoms. The van der Waals surface area contributed by atoms with Gasteiger partial charge >= 0.3 is 0 Å². The fourth-order valence-electron chi connectivity index (χ4n) is 1.93. The number of rotatable bonds is 6. The van der Waals surface area contributed by atoms with Gasteiger partial charge in [-0.15, -0.1) is 6.58 Å². The summed E-state index contributed by atoms with van der Waals surface area (Å²) in [5.41, 5.74) is 0.518. The minimum absolute atomic E-state index is 0.153. The zero-order valence-electron chi connectivity index (χ0n) is 11.7. The Kier molecular flexibility index (Phi) is 4.71. The fraction of sp³-hybridized carbons (Fsp3) is 0.438. The highest BCUT2D eigenvalue weighted by Gasteiger charge is 2.30. The maximum Gasteiger partial charge on any atom is 0.140 e. The summed E-state index contributed by atoms with van der Waals surface area (Å²) in [5, 5.41) is 0. The number of carbonyl (C=O) groups excluding carboxylic acids is 1. The normalized spacial score (nSPS) is 14.1. The van der Waals surface area contributed by atoms with E-state index in [-0.39, 0.29) is 11.9 Å². The molecule has 2 nitrogen and oxygen atoms in total. The van der Waals surface area contributed by atoms with Gasteiger partial charge in [-0.25, -0.2) is 0 Å². The molecule has 0 aliphatic rings. The molecule has 1 aromatic carbocycles. The van der Waals surface area contributed by atoms with Crippen molar-refractivity contribution in [1.29, 1.82) is 0 Å². The zero-order valence-corrected chi connectivity index (χ0v) is 11.7. The van der Waals surface area contributed by atoms with Crippen molar-refractivity contribution in [3.63, 3.8) is 0 Å². The number of benzene rings is 1. The molecular weight excluding hydrogens is 224 g/mol. The summed E-state index contributed by atoms with van der Waals surface area (Å²) in [6.07, 6.45) is 2.59. The number of hydrogen-bond donors (Lipinski definition) is 0. The van der Waals surface area contributed by atoms with Crippen LogP contribution in [0.15, 0.2) is 36.9 Å². The summed E-state index contributed by atoms with van der Waals surface area (Å²) in [5.74, 6) is 0.984. The van der Waals surface area contributed by atoms with Crippen LogP contribution < -0.4 is 4.74 Å². The van der Waals surface area contributed by atoms with Crippen LogP contribution in [-0.4, -0.2) is 11.9 Å². The predicted molar refractivity (Wildman–Crippen MR) is 75.1 cm³/mol. The predicted octanol–water partition coefficient (Wildman–Crippen LogP) is 3.90. The lowest BCUT2D eigenvalue weighted by Crippen LogP contribution is -2.29. The summed E-state index contributed by atoms with van der Waals surface area (Å²) >= 11 is 0. The van der Waals surface area contributed by atoms with Crippen molar-refractivity contribution in [2.75, 3.05) is 0 Å². The molecule has 18 heavy (non-hydrogen) atoms. The van der Waals surface area contributed by atoms with E-state index in [4.69, 9.17) is 4.74 Å². The van der Waals surface area contributed by atoms with Crippen LogP contribution in [0.25, 0.3) is 0 Å². The smallest absolute Gasteiger partial charge is 0.140 e. The van der Waals surface area contributed by atoms with Gasteiger partial charge in [0.15, 0.2) is 0 Å². The third-order valence-corrected chi connectivity index (χ3v) is 3.19. The molecule has 1 rings (SSSR count). The Morgan fingerprint density at radius 2 is 1.94 bits per heavy atom. The van der Waals surface area contributed by atoms with Crippen LogP contribution in [0, 0.1) is 0 Å². The first-order valence-corrected chi connectivity index (χ1v) is 6.29. The Balaban J connectivity index is 3.01. The molecule has 0 saturated heterocycles. The van der Waals surface area contributed by atoms with Gasteiger partial charge in [-0.05, 0) is 51.8 Å². The molecule has 0 amide bonds. The Hall–Kier alpha value is -1.57. The van der Waals surface area contributed by atoms with Gasteiger partial charge in [-0.1, -0.05) is 18.2 Å². The van der Waals surface area contributed by atoms with E-state index in [9.17, 15) is 4.79 Å². The minimum atomic E-state index is -0.488. The van der Waals surface area contributed by atoms with Crippen molar-refractivity contribution in [3.8, 4) is 5.75 Å². The first kappa shape index (κ1) is 14.5. The maximum absolute atomic E-state index is 11.8. The Morgan fingerprint density at radius 1 is 1.39 bits per heavy atom. The van der Waals surface area contributed by atoms with E-state index in [0.717, 1.165) is 11.3 Å². The number of hydrogen-bond acceptors (Lipinski definition) is 2. The van der Waals surface area contributed by atoms with Gasteiger partial charge in [-0.2, -0.15) is 0 Å². The molecule has 0 N–H and O–H groups in total. The highest BCUT2D eigenvalue weighted by atomic mass is 16.5. The first-order valence-electron chi connectivity index (χ1n) is 6.29. The highest BCUT2D eigenvalue weighted by molar-refractivity contribution is 5.87. The molecule has 0 aliphatic heterocycles. The second kappa shape index (κ2) is 5.85. The van der Waals surface area contributed by atoms with E-state index in [0.29, 0.717) is 6.42 Å². The largest absolute Gasteiger partial charge is 0.491 e. The van der Waals surface area contributed by atoms with Gasteiger partial charge in [0.2, 0.25) is 0 Å². The van der Waals surface area contributed by atoms with Crippen LogP contribution in [0.3, 0.4) is 0 Å². The van der Waals surface area contributed by atoms with Gasteiger partial charge in [0.25, 0.3) is 0 Å². The average Bonchev–Trinajstić information content (AvgIpc) is 2.29. The SMILES string of the molecule is C=CCC(C)(C(C)=O)c1ccc(OC(C)C)cc1. The minimum Gasteiger partial charge on any atom is -0.491 e. The number of ketones is 1. The lowest BCUT2D eigenvalue weighted by atomic mass is 9.76. The zero-order chi connectivity index (χ0) is 13.8. The lowest BCUT2D eigenvalue weighted by Gasteiger charge is -2.26. The van der Waals surface area contributed by atoms with Crippen LogP contribution >= 0.6 is 0 Å². The Bertz CT molecular complexity index is 417. The number of allylic oxidation sites excluding steroid dienone is 1. The number of carbonyl (C=O) groups is 1. The van der Waals surface area contributed by atoms with Crippen molar-refractivity contribution in [2.45, 2.75) is 45.6 Å². The molecule has 0 aromatic heterocycles. The molecule has 0 fully saturated rings. The summed E-state index contributed by atoms with van der Waals surface area (Å²) < 4.78 is 5.60. The molecule has 98 valence electrons. The van der Waals surface area contributed by atoms with Gasteiger partial charge in [0.05, 0.1) is 11.5 Å². The highest BCUT2D eigenvalue weighted by Crippen LogP contribution is 2.30. The molecule has 0 aliphatic carbocycles. The second-order valence-electron chi connectivity index (χ2n) is 5.07. The molecule has 0 heterocycles. The molecule has 0 spiro atoms. The van der Waals surface area contributed by atoms with Crippen molar-refractivity contribution in [1.82, 2.24) is 0 Å². The topological polar surface area (TPSA) is 26.3 Å². The molecule has 1 aromatic rings. The molecular formula is C16H22O2.